The Morgan fingerprint density at radius 1 is 1.38 bits per heavy atom. The topological polar surface area (TPSA) is 68.0 Å². The van der Waals surface area contributed by atoms with E-state index < -0.39 is 29.6 Å². The van der Waals surface area contributed by atoms with Gasteiger partial charge in [-0.3, -0.25) is 4.79 Å². The summed E-state index contributed by atoms with van der Waals surface area (Å²) in [5, 5.41) is 5.89. The van der Waals surface area contributed by atoms with Gasteiger partial charge in [0.2, 0.25) is 5.82 Å². The second-order valence-corrected chi connectivity index (χ2v) is 5.72. The third kappa shape index (κ3) is 3.39. The average Bonchev–Trinajstić information content (AvgIpc) is 3.23. The molecule has 5 nitrogen and oxygen atoms in total. The number of rotatable bonds is 4. The SMILES string of the molecule is CC(NC(=O)c1ccc(-c2noc(C(F)(F)F)n2)c(F)c1)C1CC1. The van der Waals surface area contributed by atoms with Crippen molar-refractivity contribution in [2.45, 2.75) is 32.0 Å². The van der Waals surface area contributed by atoms with Crippen molar-refractivity contribution in [1.29, 1.82) is 0 Å². The second kappa shape index (κ2) is 5.88. The molecule has 9 heteroatoms. The van der Waals surface area contributed by atoms with Gasteiger partial charge in [-0.05, 0) is 43.9 Å². The Labute approximate surface area is 134 Å². The summed E-state index contributed by atoms with van der Waals surface area (Å²) < 4.78 is 55.5. The molecule has 1 fully saturated rings. The van der Waals surface area contributed by atoms with E-state index in [0.29, 0.717) is 5.92 Å². The number of nitrogens with one attached hydrogen (secondary N) is 1. The van der Waals surface area contributed by atoms with E-state index in [1.165, 1.54) is 6.07 Å². The van der Waals surface area contributed by atoms with E-state index in [0.717, 1.165) is 25.0 Å². The molecule has 2 aromatic rings. The number of alkyl halides is 3. The number of benzene rings is 1. The molecule has 0 bridgehead atoms. The lowest BCUT2D eigenvalue weighted by molar-refractivity contribution is -0.159. The maximum absolute atomic E-state index is 14.1. The lowest BCUT2D eigenvalue weighted by Gasteiger charge is -2.13. The first kappa shape index (κ1) is 16.4. The van der Waals surface area contributed by atoms with Crippen LogP contribution in [0.15, 0.2) is 22.7 Å². The largest absolute Gasteiger partial charge is 0.471 e. The summed E-state index contributed by atoms with van der Waals surface area (Å²) in [6.45, 7) is 1.87. The lowest BCUT2D eigenvalue weighted by atomic mass is 10.1. The maximum atomic E-state index is 14.1. The maximum Gasteiger partial charge on any atom is 0.471 e. The minimum atomic E-state index is -4.81. The number of carbonyl (C=O) groups is 1. The van der Waals surface area contributed by atoms with Gasteiger partial charge >= 0.3 is 12.1 Å². The molecule has 0 spiro atoms. The molecule has 0 radical (unpaired) electrons. The summed E-state index contributed by atoms with van der Waals surface area (Å²) in [6, 6.07) is 3.38. The lowest BCUT2D eigenvalue weighted by Crippen LogP contribution is -2.34. The number of halogens is 4. The Hall–Kier alpha value is -2.45. The monoisotopic (exact) mass is 343 g/mol. The fraction of sp³-hybridized carbons (Fsp3) is 0.400. The molecule has 0 saturated heterocycles. The predicted molar refractivity (Wildman–Crippen MR) is 74.3 cm³/mol. The summed E-state index contributed by atoms with van der Waals surface area (Å²) >= 11 is 0. The third-order valence-electron chi connectivity index (χ3n) is 3.83. The van der Waals surface area contributed by atoms with Crippen molar-refractivity contribution in [2.24, 2.45) is 5.92 Å². The van der Waals surface area contributed by atoms with Gasteiger partial charge in [-0.2, -0.15) is 18.2 Å². The van der Waals surface area contributed by atoms with Crippen molar-refractivity contribution in [3.05, 3.63) is 35.5 Å². The number of amides is 1. The van der Waals surface area contributed by atoms with Crippen LogP contribution in [0, 0.1) is 11.7 Å². The number of carbonyl (C=O) groups excluding carboxylic acids is 1. The van der Waals surface area contributed by atoms with E-state index in [4.69, 9.17) is 0 Å². The number of nitrogens with zero attached hydrogens (tertiary/aromatic N) is 2. The Bertz CT molecular complexity index is 768. The molecule has 0 aliphatic heterocycles. The molecule has 3 rings (SSSR count). The first-order chi connectivity index (χ1) is 11.3. The van der Waals surface area contributed by atoms with Gasteiger partial charge < -0.3 is 9.84 Å². The quantitative estimate of drug-likeness (QED) is 0.864. The minimum Gasteiger partial charge on any atom is -0.349 e. The third-order valence-corrected chi connectivity index (χ3v) is 3.83. The molecular formula is C15H13F4N3O2. The molecule has 1 atom stereocenters. The van der Waals surface area contributed by atoms with Crippen LogP contribution in [0.4, 0.5) is 17.6 Å². The Balaban J connectivity index is 1.79. The molecule has 128 valence electrons. The molecular weight excluding hydrogens is 330 g/mol. The number of aromatic nitrogens is 2. The summed E-state index contributed by atoms with van der Waals surface area (Å²) in [7, 11) is 0. The molecule has 1 aliphatic carbocycles. The fourth-order valence-electron chi connectivity index (χ4n) is 2.29. The highest BCUT2D eigenvalue weighted by molar-refractivity contribution is 5.94. The highest BCUT2D eigenvalue weighted by Gasteiger charge is 2.38. The normalized spacial score (nSPS) is 16.0. The second-order valence-electron chi connectivity index (χ2n) is 5.72. The molecule has 1 heterocycles. The molecule has 1 aromatic heterocycles. The van der Waals surface area contributed by atoms with Gasteiger partial charge in [-0.25, -0.2) is 4.39 Å². The van der Waals surface area contributed by atoms with Crippen LogP contribution in [-0.4, -0.2) is 22.1 Å². The van der Waals surface area contributed by atoms with Gasteiger partial charge in [0.25, 0.3) is 5.91 Å². The van der Waals surface area contributed by atoms with Crippen molar-refractivity contribution in [3.63, 3.8) is 0 Å². The van der Waals surface area contributed by atoms with E-state index in [2.05, 4.69) is 20.0 Å². The first-order valence-electron chi connectivity index (χ1n) is 7.27. The molecule has 1 amide bonds. The van der Waals surface area contributed by atoms with E-state index in [-0.39, 0.29) is 17.2 Å². The van der Waals surface area contributed by atoms with Gasteiger partial charge in [0, 0.05) is 11.6 Å². The summed E-state index contributed by atoms with van der Waals surface area (Å²) in [6.07, 6.45) is -2.71. The number of hydrogen-bond acceptors (Lipinski definition) is 4. The molecule has 1 aliphatic rings. The van der Waals surface area contributed by atoms with Crippen LogP contribution >= 0.6 is 0 Å². The zero-order valence-corrected chi connectivity index (χ0v) is 12.5. The van der Waals surface area contributed by atoms with Crippen LogP contribution in [0.3, 0.4) is 0 Å². The van der Waals surface area contributed by atoms with Crippen molar-refractivity contribution in [1.82, 2.24) is 15.5 Å². The van der Waals surface area contributed by atoms with Gasteiger partial charge in [0.05, 0.1) is 5.56 Å². The van der Waals surface area contributed by atoms with E-state index >= 15 is 0 Å². The van der Waals surface area contributed by atoms with Crippen LogP contribution in [0.5, 0.6) is 0 Å². The fourth-order valence-corrected chi connectivity index (χ4v) is 2.29. The van der Waals surface area contributed by atoms with Crippen molar-refractivity contribution in [3.8, 4) is 11.4 Å². The number of hydrogen-bond donors (Lipinski definition) is 1. The zero-order valence-electron chi connectivity index (χ0n) is 12.5. The molecule has 1 saturated carbocycles. The standard InChI is InChI=1S/C15H13F4N3O2/c1-7(8-2-3-8)20-13(23)9-4-5-10(11(16)6-9)12-21-14(24-22-12)15(17,18)19/h4-8H,2-3H2,1H3,(H,20,23). The highest BCUT2D eigenvalue weighted by atomic mass is 19.4. The van der Waals surface area contributed by atoms with Gasteiger partial charge in [-0.15, -0.1) is 0 Å². The Morgan fingerprint density at radius 3 is 2.62 bits per heavy atom. The van der Waals surface area contributed by atoms with Crippen LogP contribution in [0.25, 0.3) is 11.4 Å². The van der Waals surface area contributed by atoms with Gasteiger partial charge in [0.15, 0.2) is 0 Å². The van der Waals surface area contributed by atoms with Crippen molar-refractivity contribution >= 4 is 5.91 Å². The van der Waals surface area contributed by atoms with Crippen LogP contribution in [-0.2, 0) is 6.18 Å². The zero-order chi connectivity index (χ0) is 17.5. The van der Waals surface area contributed by atoms with Crippen LogP contribution in [0.2, 0.25) is 0 Å². The molecule has 1 N–H and O–H groups in total. The summed E-state index contributed by atoms with van der Waals surface area (Å²) in [5.41, 5.74) is -0.204. The molecule has 24 heavy (non-hydrogen) atoms. The highest BCUT2D eigenvalue weighted by Crippen LogP contribution is 2.33. The van der Waals surface area contributed by atoms with E-state index in [1.807, 2.05) is 6.92 Å². The average molecular weight is 343 g/mol. The summed E-state index contributed by atoms with van der Waals surface area (Å²) in [4.78, 5) is 15.2. The van der Waals surface area contributed by atoms with Gasteiger partial charge in [-0.1, -0.05) is 5.16 Å². The van der Waals surface area contributed by atoms with E-state index in [1.54, 1.807) is 0 Å². The van der Waals surface area contributed by atoms with E-state index in [9.17, 15) is 22.4 Å². The Kier molecular flexibility index (Phi) is 4.02. The predicted octanol–water partition coefficient (Wildman–Crippen LogP) is 3.42. The summed E-state index contributed by atoms with van der Waals surface area (Å²) in [5.74, 6) is -2.99. The first-order valence-corrected chi connectivity index (χ1v) is 7.27. The molecule has 1 unspecified atom stereocenters. The smallest absolute Gasteiger partial charge is 0.349 e. The van der Waals surface area contributed by atoms with Gasteiger partial charge in [0.1, 0.15) is 5.82 Å². The Morgan fingerprint density at radius 2 is 2.08 bits per heavy atom. The molecule has 1 aromatic carbocycles. The van der Waals surface area contributed by atoms with Crippen LogP contribution < -0.4 is 5.32 Å². The van der Waals surface area contributed by atoms with Crippen molar-refractivity contribution < 1.29 is 26.9 Å². The van der Waals surface area contributed by atoms with Crippen LogP contribution in [0.1, 0.15) is 36.0 Å². The van der Waals surface area contributed by atoms with Crippen molar-refractivity contribution in [2.75, 3.05) is 0 Å². The minimum absolute atomic E-state index is 0.00760.